The van der Waals surface area contributed by atoms with E-state index in [1.54, 1.807) is 0 Å². The molecule has 0 unspecified atom stereocenters. The average Bonchev–Trinajstić information content (AvgIpc) is 3.36. The SMILES string of the molecule is CNc1ccc(-c2nc(N3CC[C@@H]3C)nc3c2CCC3)cc1[C@@]1(C=O)C[C@H]1C(=O)OC. The van der Waals surface area contributed by atoms with E-state index in [0.717, 1.165) is 72.7 Å². The van der Waals surface area contributed by atoms with E-state index in [0.29, 0.717) is 12.5 Å². The monoisotopic (exact) mass is 420 g/mol. The third-order valence-corrected chi connectivity index (χ3v) is 7.26. The van der Waals surface area contributed by atoms with Gasteiger partial charge in [-0.1, -0.05) is 6.07 Å². The molecule has 2 aromatic rings. The van der Waals surface area contributed by atoms with Gasteiger partial charge < -0.3 is 19.7 Å². The van der Waals surface area contributed by atoms with Crippen molar-refractivity contribution in [2.75, 3.05) is 30.9 Å². The van der Waals surface area contributed by atoms with Crippen molar-refractivity contribution in [1.29, 1.82) is 0 Å². The van der Waals surface area contributed by atoms with Crippen LogP contribution in [0.1, 0.15) is 43.0 Å². The molecule has 3 atom stereocenters. The molecule has 0 amide bonds. The quantitative estimate of drug-likeness (QED) is 0.568. The van der Waals surface area contributed by atoms with Gasteiger partial charge in [0.1, 0.15) is 6.29 Å². The maximum atomic E-state index is 12.2. The van der Waals surface area contributed by atoms with Gasteiger partial charge in [0.05, 0.1) is 24.1 Å². The fourth-order valence-electron chi connectivity index (χ4n) is 5.10. The number of esters is 1. The Morgan fingerprint density at radius 2 is 2.16 bits per heavy atom. The molecule has 1 aromatic carbocycles. The van der Waals surface area contributed by atoms with Crippen molar-refractivity contribution in [2.45, 2.75) is 50.5 Å². The van der Waals surface area contributed by atoms with Crippen LogP contribution in [0, 0.1) is 5.92 Å². The maximum Gasteiger partial charge on any atom is 0.310 e. The number of methoxy groups -OCH3 is 1. The molecule has 1 aliphatic heterocycles. The highest BCUT2D eigenvalue weighted by Crippen LogP contribution is 2.56. The normalized spacial score (nSPS) is 26.1. The molecule has 7 heteroatoms. The Kier molecular flexibility index (Phi) is 4.72. The van der Waals surface area contributed by atoms with Gasteiger partial charge in [-0.15, -0.1) is 0 Å². The molecule has 1 N–H and O–H groups in total. The van der Waals surface area contributed by atoms with Crippen LogP contribution in [0.4, 0.5) is 11.6 Å². The van der Waals surface area contributed by atoms with Crippen molar-refractivity contribution in [3.05, 3.63) is 35.0 Å². The number of ether oxygens (including phenoxy) is 1. The molecular formula is C24H28N4O3. The number of carbonyl (C=O) groups excluding carboxylic acids is 2. The predicted octanol–water partition coefficient (Wildman–Crippen LogP) is 2.90. The molecule has 1 aromatic heterocycles. The predicted molar refractivity (Wildman–Crippen MR) is 118 cm³/mol. The summed E-state index contributed by atoms with van der Waals surface area (Å²) in [5.74, 6) is 0.0279. The van der Waals surface area contributed by atoms with Gasteiger partial charge in [-0.2, -0.15) is 0 Å². The molecule has 0 radical (unpaired) electrons. The second-order valence-electron chi connectivity index (χ2n) is 8.93. The largest absolute Gasteiger partial charge is 0.469 e. The van der Waals surface area contributed by atoms with Crippen LogP contribution in [0.5, 0.6) is 0 Å². The van der Waals surface area contributed by atoms with Crippen LogP contribution in [0.2, 0.25) is 0 Å². The molecule has 162 valence electrons. The van der Waals surface area contributed by atoms with Crippen molar-refractivity contribution in [3.8, 4) is 11.3 Å². The second kappa shape index (κ2) is 7.32. The first-order valence-electron chi connectivity index (χ1n) is 11.1. The van der Waals surface area contributed by atoms with Crippen LogP contribution < -0.4 is 10.2 Å². The Balaban J connectivity index is 1.62. The lowest BCUT2D eigenvalue weighted by Gasteiger charge is -2.39. The summed E-state index contributed by atoms with van der Waals surface area (Å²) in [6.45, 7) is 3.19. The molecule has 0 spiro atoms. The lowest BCUT2D eigenvalue weighted by molar-refractivity contribution is -0.143. The molecule has 0 bridgehead atoms. The number of fused-ring (bicyclic) bond motifs is 1. The summed E-state index contributed by atoms with van der Waals surface area (Å²) in [5.41, 5.74) is 5.12. The van der Waals surface area contributed by atoms with Crippen LogP contribution in [-0.4, -0.2) is 49.0 Å². The first-order chi connectivity index (χ1) is 15.0. The number of rotatable bonds is 6. The third kappa shape index (κ3) is 3.01. The molecule has 1 saturated heterocycles. The van der Waals surface area contributed by atoms with Crippen LogP contribution in [-0.2, 0) is 32.6 Å². The van der Waals surface area contributed by atoms with E-state index in [9.17, 15) is 9.59 Å². The fraction of sp³-hybridized carbons (Fsp3) is 0.500. The van der Waals surface area contributed by atoms with Gasteiger partial charge in [0.15, 0.2) is 0 Å². The number of anilines is 2. The van der Waals surface area contributed by atoms with E-state index in [1.165, 1.54) is 12.7 Å². The van der Waals surface area contributed by atoms with Gasteiger partial charge in [-0.05, 0) is 56.7 Å². The molecule has 7 nitrogen and oxygen atoms in total. The Morgan fingerprint density at radius 3 is 2.81 bits per heavy atom. The molecule has 2 fully saturated rings. The smallest absolute Gasteiger partial charge is 0.310 e. The van der Waals surface area contributed by atoms with Crippen LogP contribution >= 0.6 is 0 Å². The number of nitrogens with one attached hydrogen (secondary N) is 1. The van der Waals surface area contributed by atoms with Crippen molar-refractivity contribution in [1.82, 2.24) is 9.97 Å². The highest BCUT2D eigenvalue weighted by molar-refractivity contribution is 5.92. The highest BCUT2D eigenvalue weighted by atomic mass is 16.5. The number of aromatic nitrogens is 2. The van der Waals surface area contributed by atoms with E-state index < -0.39 is 11.3 Å². The summed E-state index contributed by atoms with van der Waals surface area (Å²) in [7, 11) is 3.20. The van der Waals surface area contributed by atoms with Gasteiger partial charge in [0.2, 0.25) is 5.95 Å². The van der Waals surface area contributed by atoms with Crippen LogP contribution in [0.3, 0.4) is 0 Å². The molecular weight excluding hydrogens is 392 g/mol. The lowest BCUT2D eigenvalue weighted by Crippen LogP contribution is -2.46. The van der Waals surface area contributed by atoms with Crippen LogP contribution in [0.25, 0.3) is 11.3 Å². The molecule has 5 rings (SSSR count). The number of benzene rings is 1. The van der Waals surface area contributed by atoms with E-state index >= 15 is 0 Å². The molecule has 31 heavy (non-hydrogen) atoms. The maximum absolute atomic E-state index is 12.2. The zero-order valence-corrected chi connectivity index (χ0v) is 18.3. The van der Waals surface area contributed by atoms with Crippen molar-refractivity contribution in [3.63, 3.8) is 0 Å². The van der Waals surface area contributed by atoms with E-state index in [4.69, 9.17) is 14.7 Å². The second-order valence-corrected chi connectivity index (χ2v) is 8.93. The molecule has 2 heterocycles. The zero-order valence-electron chi connectivity index (χ0n) is 18.3. The van der Waals surface area contributed by atoms with E-state index in [1.807, 2.05) is 25.2 Å². The topological polar surface area (TPSA) is 84.4 Å². The van der Waals surface area contributed by atoms with E-state index in [2.05, 4.69) is 17.1 Å². The lowest BCUT2D eigenvalue weighted by atomic mass is 9.90. The summed E-state index contributed by atoms with van der Waals surface area (Å²) < 4.78 is 4.93. The van der Waals surface area contributed by atoms with Crippen molar-refractivity contribution < 1.29 is 14.3 Å². The Morgan fingerprint density at radius 1 is 1.32 bits per heavy atom. The first-order valence-corrected chi connectivity index (χ1v) is 11.1. The zero-order chi connectivity index (χ0) is 21.8. The molecule has 2 aliphatic carbocycles. The van der Waals surface area contributed by atoms with Crippen molar-refractivity contribution in [2.24, 2.45) is 5.92 Å². The van der Waals surface area contributed by atoms with Gasteiger partial charge in [-0.3, -0.25) is 4.79 Å². The number of hydrogen-bond acceptors (Lipinski definition) is 7. The minimum absolute atomic E-state index is 0.337. The number of aryl methyl sites for hydroxylation is 1. The fourth-order valence-corrected chi connectivity index (χ4v) is 5.10. The van der Waals surface area contributed by atoms with E-state index in [-0.39, 0.29) is 5.97 Å². The Hall–Kier alpha value is -2.96. The number of hydrogen-bond donors (Lipinski definition) is 1. The summed E-state index contributed by atoms with van der Waals surface area (Å²) in [6, 6.07) is 6.53. The average molecular weight is 421 g/mol. The van der Waals surface area contributed by atoms with Gasteiger partial charge in [0.25, 0.3) is 0 Å². The number of aldehydes is 1. The number of carbonyl (C=O) groups is 2. The third-order valence-electron chi connectivity index (χ3n) is 7.26. The summed E-state index contributed by atoms with van der Waals surface area (Å²) in [4.78, 5) is 36.5. The van der Waals surface area contributed by atoms with Crippen LogP contribution in [0.15, 0.2) is 18.2 Å². The summed E-state index contributed by atoms with van der Waals surface area (Å²) in [6.07, 6.45) is 5.57. The minimum atomic E-state index is -0.841. The van der Waals surface area contributed by atoms with Gasteiger partial charge in [0, 0.05) is 42.1 Å². The molecule has 1 saturated carbocycles. The Bertz CT molecular complexity index is 1070. The summed E-state index contributed by atoms with van der Waals surface area (Å²) >= 11 is 0. The standard InChI is InChI=1S/C24H28N4O3/c1-14-9-10-28(14)23-26-19-6-4-5-16(19)21(27-23)15-7-8-20(25-2)17(11-15)24(13-29)12-18(24)22(30)31-3/h7-8,11,13-14,18,25H,4-6,9-10,12H2,1-3H3/t14-,18-,24-/m0/s1. The van der Waals surface area contributed by atoms with Crippen molar-refractivity contribution >= 4 is 23.9 Å². The van der Waals surface area contributed by atoms with Gasteiger partial charge >= 0.3 is 5.97 Å². The number of nitrogens with zero attached hydrogens (tertiary/aromatic N) is 3. The summed E-state index contributed by atoms with van der Waals surface area (Å²) in [5, 5.41) is 3.19. The van der Waals surface area contributed by atoms with Gasteiger partial charge in [-0.25, -0.2) is 9.97 Å². The first kappa shape index (κ1) is 20.0. The Labute approximate surface area is 182 Å². The highest BCUT2D eigenvalue weighted by Gasteiger charge is 2.61. The minimum Gasteiger partial charge on any atom is -0.469 e. The molecule has 3 aliphatic rings.